The van der Waals surface area contributed by atoms with Crippen molar-refractivity contribution in [3.8, 4) is 11.5 Å². The Kier molecular flexibility index (Phi) is 5.17. The van der Waals surface area contributed by atoms with Gasteiger partial charge >= 0.3 is 0 Å². The minimum atomic E-state index is -0.412. The molecule has 0 aliphatic rings. The topological polar surface area (TPSA) is 68.0 Å². The second kappa shape index (κ2) is 7.51. The summed E-state index contributed by atoms with van der Waals surface area (Å²) in [5.41, 5.74) is 1.41. The van der Waals surface area contributed by atoms with Crippen molar-refractivity contribution in [1.29, 1.82) is 0 Å². The van der Waals surface area contributed by atoms with Crippen molar-refractivity contribution >= 4 is 35.0 Å². The molecule has 5 nitrogen and oxygen atoms in total. The van der Waals surface area contributed by atoms with Crippen LogP contribution >= 0.6 is 23.4 Å². The highest BCUT2D eigenvalue weighted by Gasteiger charge is 2.19. The van der Waals surface area contributed by atoms with E-state index in [1.807, 2.05) is 36.4 Å². The lowest BCUT2D eigenvalue weighted by Crippen LogP contribution is -2.22. The lowest BCUT2D eigenvalue weighted by Gasteiger charge is -2.10. The van der Waals surface area contributed by atoms with Gasteiger partial charge in [0.05, 0.1) is 16.0 Å². The van der Waals surface area contributed by atoms with E-state index in [0.29, 0.717) is 21.8 Å². The molecule has 0 radical (unpaired) electrons. The van der Waals surface area contributed by atoms with E-state index in [-0.39, 0.29) is 5.91 Å². The smallest absolute Gasteiger partial charge is 0.277 e. The van der Waals surface area contributed by atoms with Gasteiger partial charge in [-0.1, -0.05) is 53.7 Å². The number of nitrogens with zero attached hydrogens (tertiary/aromatic N) is 2. The molecule has 1 aromatic heterocycles. The van der Waals surface area contributed by atoms with Crippen molar-refractivity contribution in [2.75, 3.05) is 5.32 Å². The van der Waals surface area contributed by atoms with E-state index in [1.165, 1.54) is 11.8 Å². The van der Waals surface area contributed by atoms with Crippen molar-refractivity contribution in [2.24, 2.45) is 0 Å². The second-order valence-electron chi connectivity index (χ2n) is 4.97. The molecule has 3 rings (SSSR count). The van der Waals surface area contributed by atoms with Gasteiger partial charge in [0.1, 0.15) is 0 Å². The van der Waals surface area contributed by atoms with E-state index in [9.17, 15) is 4.79 Å². The Balaban J connectivity index is 1.65. The molecule has 24 heavy (non-hydrogen) atoms. The molecule has 0 bridgehead atoms. The monoisotopic (exact) mass is 359 g/mol. The van der Waals surface area contributed by atoms with Gasteiger partial charge in [0.2, 0.25) is 11.8 Å². The average Bonchev–Trinajstić information content (AvgIpc) is 3.06. The molecule has 3 aromatic rings. The van der Waals surface area contributed by atoms with E-state index in [4.69, 9.17) is 16.0 Å². The van der Waals surface area contributed by atoms with Crippen LogP contribution in [-0.4, -0.2) is 21.4 Å². The highest BCUT2D eigenvalue weighted by Crippen LogP contribution is 2.27. The lowest BCUT2D eigenvalue weighted by atomic mass is 10.2. The first-order valence-electron chi connectivity index (χ1n) is 7.24. The van der Waals surface area contributed by atoms with E-state index >= 15 is 0 Å². The average molecular weight is 360 g/mol. The van der Waals surface area contributed by atoms with Gasteiger partial charge in [-0.15, -0.1) is 10.2 Å². The number of para-hydroxylation sites is 1. The molecule has 0 aliphatic carbocycles. The Morgan fingerprint density at radius 3 is 2.58 bits per heavy atom. The van der Waals surface area contributed by atoms with Crippen LogP contribution in [0.2, 0.25) is 5.02 Å². The number of hydrogen-bond donors (Lipinski definition) is 1. The van der Waals surface area contributed by atoms with Crippen LogP contribution in [0.25, 0.3) is 11.5 Å². The second-order valence-corrected chi connectivity index (χ2v) is 6.67. The third-order valence-corrected chi connectivity index (χ3v) is 4.47. The van der Waals surface area contributed by atoms with Gasteiger partial charge in [-0.2, -0.15) is 0 Å². The number of anilines is 1. The SMILES string of the molecule is C[C@@H](Sc1nnc(-c2ccccc2)o1)C(=O)Nc1ccccc1Cl. The van der Waals surface area contributed by atoms with Gasteiger partial charge in [0, 0.05) is 5.56 Å². The van der Waals surface area contributed by atoms with Crippen LogP contribution in [0.5, 0.6) is 0 Å². The number of amides is 1. The first kappa shape index (κ1) is 16.5. The molecule has 0 fully saturated rings. The molecule has 2 aromatic carbocycles. The van der Waals surface area contributed by atoms with Crippen molar-refractivity contribution in [1.82, 2.24) is 10.2 Å². The van der Waals surface area contributed by atoms with Crippen LogP contribution in [0.4, 0.5) is 5.69 Å². The molecule has 0 saturated heterocycles. The fourth-order valence-electron chi connectivity index (χ4n) is 1.96. The Morgan fingerprint density at radius 2 is 1.83 bits per heavy atom. The number of aromatic nitrogens is 2. The lowest BCUT2D eigenvalue weighted by molar-refractivity contribution is -0.115. The van der Waals surface area contributed by atoms with Crippen LogP contribution < -0.4 is 5.32 Å². The molecule has 1 amide bonds. The summed E-state index contributed by atoms with van der Waals surface area (Å²) < 4.78 is 5.60. The van der Waals surface area contributed by atoms with Gasteiger partial charge in [-0.05, 0) is 31.2 Å². The standard InChI is InChI=1S/C17H14ClN3O2S/c1-11(15(22)19-14-10-6-5-9-13(14)18)24-17-21-20-16(23-17)12-7-3-2-4-8-12/h2-11H,1H3,(H,19,22)/t11-/m1/s1. The molecule has 0 saturated carbocycles. The fraction of sp³-hybridized carbons (Fsp3) is 0.118. The van der Waals surface area contributed by atoms with E-state index in [2.05, 4.69) is 15.5 Å². The third kappa shape index (κ3) is 3.96. The Morgan fingerprint density at radius 1 is 1.12 bits per heavy atom. The van der Waals surface area contributed by atoms with Crippen LogP contribution in [0.1, 0.15) is 6.92 Å². The van der Waals surface area contributed by atoms with E-state index < -0.39 is 5.25 Å². The summed E-state index contributed by atoms with van der Waals surface area (Å²) in [7, 11) is 0. The molecule has 7 heteroatoms. The zero-order chi connectivity index (χ0) is 16.9. The fourth-order valence-corrected chi connectivity index (χ4v) is 2.82. The summed E-state index contributed by atoms with van der Waals surface area (Å²) in [5, 5.41) is 11.2. The van der Waals surface area contributed by atoms with Crippen molar-refractivity contribution in [3.63, 3.8) is 0 Å². The number of benzene rings is 2. The van der Waals surface area contributed by atoms with Crippen molar-refractivity contribution in [3.05, 3.63) is 59.6 Å². The molecular formula is C17H14ClN3O2S. The summed E-state index contributed by atoms with van der Waals surface area (Å²) in [4.78, 5) is 12.3. The van der Waals surface area contributed by atoms with Crippen LogP contribution in [-0.2, 0) is 4.79 Å². The highest BCUT2D eigenvalue weighted by molar-refractivity contribution is 8.00. The first-order chi connectivity index (χ1) is 11.6. The van der Waals surface area contributed by atoms with Crippen molar-refractivity contribution < 1.29 is 9.21 Å². The number of thioether (sulfide) groups is 1. The quantitative estimate of drug-likeness (QED) is 0.679. The maximum absolute atomic E-state index is 12.3. The van der Waals surface area contributed by atoms with Crippen molar-refractivity contribution in [2.45, 2.75) is 17.4 Å². The molecule has 1 atom stereocenters. The first-order valence-corrected chi connectivity index (χ1v) is 8.50. The van der Waals surface area contributed by atoms with Gasteiger partial charge in [0.15, 0.2) is 0 Å². The summed E-state index contributed by atoms with van der Waals surface area (Å²) in [6, 6.07) is 16.6. The number of hydrogen-bond acceptors (Lipinski definition) is 5. The highest BCUT2D eigenvalue weighted by atomic mass is 35.5. The Labute approximate surface area is 148 Å². The molecule has 1 heterocycles. The number of carbonyl (C=O) groups is 1. The van der Waals surface area contributed by atoms with Gasteiger partial charge in [-0.3, -0.25) is 4.79 Å². The van der Waals surface area contributed by atoms with Gasteiger partial charge in [0.25, 0.3) is 5.22 Å². The minimum Gasteiger partial charge on any atom is -0.411 e. The maximum atomic E-state index is 12.3. The number of halogens is 1. The largest absolute Gasteiger partial charge is 0.411 e. The molecular weight excluding hydrogens is 346 g/mol. The Bertz CT molecular complexity index is 839. The van der Waals surface area contributed by atoms with E-state index in [1.54, 1.807) is 25.1 Å². The predicted octanol–water partition coefficient (Wildman–Crippen LogP) is 4.51. The zero-order valence-corrected chi connectivity index (χ0v) is 14.3. The summed E-state index contributed by atoms with van der Waals surface area (Å²) >= 11 is 7.24. The molecule has 0 unspecified atom stereocenters. The summed E-state index contributed by atoms with van der Waals surface area (Å²) in [5.74, 6) is 0.240. The summed E-state index contributed by atoms with van der Waals surface area (Å²) in [6.07, 6.45) is 0. The number of carbonyl (C=O) groups excluding carboxylic acids is 1. The third-order valence-electron chi connectivity index (χ3n) is 3.21. The normalized spacial score (nSPS) is 11.9. The Hall–Kier alpha value is -2.31. The van der Waals surface area contributed by atoms with Crippen LogP contribution in [0, 0.1) is 0 Å². The molecule has 122 valence electrons. The van der Waals surface area contributed by atoms with Gasteiger partial charge < -0.3 is 9.73 Å². The van der Waals surface area contributed by atoms with Crippen LogP contribution in [0.15, 0.2) is 64.2 Å². The van der Waals surface area contributed by atoms with Gasteiger partial charge in [-0.25, -0.2) is 0 Å². The van der Waals surface area contributed by atoms with E-state index in [0.717, 1.165) is 5.56 Å². The minimum absolute atomic E-state index is 0.187. The zero-order valence-electron chi connectivity index (χ0n) is 12.8. The predicted molar refractivity (Wildman–Crippen MR) is 95.1 cm³/mol. The molecule has 0 aliphatic heterocycles. The molecule has 1 N–H and O–H groups in total. The molecule has 0 spiro atoms. The van der Waals surface area contributed by atoms with Crippen LogP contribution in [0.3, 0.4) is 0 Å². The summed E-state index contributed by atoms with van der Waals surface area (Å²) in [6.45, 7) is 1.77. The maximum Gasteiger partial charge on any atom is 0.277 e. The number of rotatable bonds is 5. The number of nitrogens with one attached hydrogen (secondary N) is 1.